The summed E-state index contributed by atoms with van der Waals surface area (Å²) < 4.78 is 0. The molecule has 1 atom stereocenters. The van der Waals surface area contributed by atoms with Crippen molar-refractivity contribution in [2.45, 2.75) is 46.1 Å². The summed E-state index contributed by atoms with van der Waals surface area (Å²) in [7, 11) is 0. The van der Waals surface area contributed by atoms with Gasteiger partial charge in [-0.05, 0) is 64.3 Å². The number of amides is 1. The molecule has 3 nitrogen and oxygen atoms in total. The highest BCUT2D eigenvalue weighted by atomic mass is 32.1. The van der Waals surface area contributed by atoms with Gasteiger partial charge in [0, 0.05) is 17.5 Å². The summed E-state index contributed by atoms with van der Waals surface area (Å²) in [6.45, 7) is 9.40. The molecule has 1 unspecified atom stereocenters. The second-order valence-corrected chi connectivity index (χ2v) is 7.05. The van der Waals surface area contributed by atoms with E-state index in [1.54, 1.807) is 11.3 Å². The smallest absolute Gasteiger partial charge is 0.264 e. The van der Waals surface area contributed by atoms with E-state index in [4.69, 9.17) is 0 Å². The fraction of sp³-hybridized carbons (Fsp3) is 0.688. The minimum Gasteiger partial charge on any atom is -0.335 e. The van der Waals surface area contributed by atoms with Crippen LogP contribution in [0.3, 0.4) is 0 Å². The molecular formula is C16H26N2OS. The summed E-state index contributed by atoms with van der Waals surface area (Å²) in [6.07, 6.45) is 3.46. The third kappa shape index (κ3) is 3.83. The van der Waals surface area contributed by atoms with Gasteiger partial charge in [-0.25, -0.2) is 0 Å². The first kappa shape index (κ1) is 15.5. The first-order valence-electron chi connectivity index (χ1n) is 7.72. The van der Waals surface area contributed by atoms with Crippen LogP contribution in [0.1, 0.15) is 48.2 Å². The first-order valence-corrected chi connectivity index (χ1v) is 8.53. The lowest BCUT2D eigenvalue weighted by Crippen LogP contribution is -2.44. The molecule has 1 saturated heterocycles. The molecule has 0 bridgehead atoms. The van der Waals surface area contributed by atoms with Gasteiger partial charge in [-0.15, -0.1) is 11.3 Å². The number of rotatable bonds is 5. The Morgan fingerprint density at radius 1 is 1.50 bits per heavy atom. The van der Waals surface area contributed by atoms with E-state index in [9.17, 15) is 4.79 Å². The van der Waals surface area contributed by atoms with Crippen LogP contribution in [0.15, 0.2) is 12.1 Å². The van der Waals surface area contributed by atoms with E-state index in [-0.39, 0.29) is 11.9 Å². The summed E-state index contributed by atoms with van der Waals surface area (Å²) in [6, 6.07) is 4.33. The van der Waals surface area contributed by atoms with Crippen LogP contribution in [0.2, 0.25) is 0 Å². The van der Waals surface area contributed by atoms with Crippen molar-refractivity contribution in [2.24, 2.45) is 5.92 Å². The molecule has 2 heterocycles. The number of carbonyl (C=O) groups excluding carboxylic acids is 1. The van der Waals surface area contributed by atoms with Crippen molar-refractivity contribution in [3.63, 3.8) is 0 Å². The zero-order chi connectivity index (χ0) is 14.5. The van der Waals surface area contributed by atoms with Crippen molar-refractivity contribution < 1.29 is 4.79 Å². The molecule has 1 aromatic rings. The number of piperidine rings is 1. The molecule has 1 aliphatic heterocycles. The summed E-state index contributed by atoms with van der Waals surface area (Å²) in [4.78, 5) is 16.9. The van der Waals surface area contributed by atoms with Crippen molar-refractivity contribution in [1.82, 2.24) is 10.2 Å². The molecule has 2 rings (SSSR count). The van der Waals surface area contributed by atoms with Crippen LogP contribution in [0.4, 0.5) is 0 Å². The number of thiophene rings is 1. The summed E-state index contributed by atoms with van der Waals surface area (Å²) in [5, 5.41) is 3.44. The SMILES string of the molecule is CCc1ccc(C(=O)N(CC2CCCNC2)C(C)C)s1. The second kappa shape index (κ2) is 7.23. The van der Waals surface area contributed by atoms with Gasteiger partial charge in [0.2, 0.25) is 0 Å². The Morgan fingerprint density at radius 2 is 2.30 bits per heavy atom. The van der Waals surface area contributed by atoms with Crippen molar-refractivity contribution >= 4 is 17.2 Å². The summed E-state index contributed by atoms with van der Waals surface area (Å²) >= 11 is 1.64. The van der Waals surface area contributed by atoms with Crippen molar-refractivity contribution in [1.29, 1.82) is 0 Å². The van der Waals surface area contributed by atoms with Gasteiger partial charge in [-0.1, -0.05) is 6.92 Å². The largest absolute Gasteiger partial charge is 0.335 e. The Labute approximate surface area is 126 Å². The molecule has 0 radical (unpaired) electrons. The van der Waals surface area contributed by atoms with Crippen molar-refractivity contribution in [3.05, 3.63) is 21.9 Å². The van der Waals surface area contributed by atoms with Gasteiger partial charge in [0.05, 0.1) is 4.88 Å². The number of hydrogen-bond donors (Lipinski definition) is 1. The number of aryl methyl sites for hydroxylation is 1. The molecule has 1 aromatic heterocycles. The normalized spacial score (nSPS) is 19.3. The maximum atomic E-state index is 12.7. The predicted molar refractivity (Wildman–Crippen MR) is 85.5 cm³/mol. The summed E-state index contributed by atoms with van der Waals surface area (Å²) in [5.41, 5.74) is 0. The van der Waals surface area contributed by atoms with Gasteiger partial charge >= 0.3 is 0 Å². The molecule has 1 N–H and O–H groups in total. The lowest BCUT2D eigenvalue weighted by molar-refractivity contribution is 0.0666. The third-order valence-corrected chi connectivity index (χ3v) is 5.18. The lowest BCUT2D eigenvalue weighted by Gasteiger charge is -2.32. The van der Waals surface area contributed by atoms with Crippen molar-refractivity contribution in [2.75, 3.05) is 19.6 Å². The zero-order valence-corrected chi connectivity index (χ0v) is 13.6. The van der Waals surface area contributed by atoms with E-state index < -0.39 is 0 Å². The highest BCUT2D eigenvalue weighted by Gasteiger charge is 2.24. The van der Waals surface area contributed by atoms with E-state index in [0.29, 0.717) is 5.92 Å². The predicted octanol–water partition coefficient (Wildman–Crippen LogP) is 3.16. The van der Waals surface area contributed by atoms with Crippen LogP contribution >= 0.6 is 11.3 Å². The van der Waals surface area contributed by atoms with Crippen LogP contribution in [0.25, 0.3) is 0 Å². The standard InChI is InChI=1S/C16H26N2OS/c1-4-14-7-8-15(20-14)16(19)18(12(2)3)11-13-6-5-9-17-10-13/h7-8,12-13,17H,4-6,9-11H2,1-3H3. The van der Waals surface area contributed by atoms with Crippen LogP contribution in [-0.4, -0.2) is 36.5 Å². The molecule has 4 heteroatoms. The number of carbonyl (C=O) groups is 1. The Hall–Kier alpha value is -0.870. The van der Waals surface area contributed by atoms with E-state index >= 15 is 0 Å². The fourth-order valence-corrected chi connectivity index (χ4v) is 3.61. The van der Waals surface area contributed by atoms with Gasteiger partial charge < -0.3 is 10.2 Å². The highest BCUT2D eigenvalue weighted by Crippen LogP contribution is 2.21. The molecule has 1 aliphatic rings. The number of hydrogen-bond acceptors (Lipinski definition) is 3. The van der Waals surface area contributed by atoms with Gasteiger partial charge in [0.25, 0.3) is 5.91 Å². The monoisotopic (exact) mass is 294 g/mol. The van der Waals surface area contributed by atoms with Crippen LogP contribution < -0.4 is 5.32 Å². The molecule has 0 spiro atoms. The molecule has 112 valence electrons. The topological polar surface area (TPSA) is 32.3 Å². The lowest BCUT2D eigenvalue weighted by atomic mass is 9.98. The van der Waals surface area contributed by atoms with Gasteiger partial charge in [-0.2, -0.15) is 0 Å². The van der Waals surface area contributed by atoms with Crippen LogP contribution in [-0.2, 0) is 6.42 Å². The van der Waals surface area contributed by atoms with Crippen molar-refractivity contribution in [3.8, 4) is 0 Å². The van der Waals surface area contributed by atoms with Crippen LogP contribution in [0, 0.1) is 5.92 Å². The van der Waals surface area contributed by atoms with Gasteiger partial charge in [0.1, 0.15) is 0 Å². The molecule has 0 aliphatic carbocycles. The fourth-order valence-electron chi connectivity index (χ4n) is 2.71. The Morgan fingerprint density at radius 3 is 2.85 bits per heavy atom. The van der Waals surface area contributed by atoms with Gasteiger partial charge in [-0.3, -0.25) is 4.79 Å². The molecular weight excluding hydrogens is 268 g/mol. The Kier molecular flexibility index (Phi) is 5.61. The minimum absolute atomic E-state index is 0.204. The maximum Gasteiger partial charge on any atom is 0.264 e. The number of nitrogens with zero attached hydrogens (tertiary/aromatic N) is 1. The van der Waals surface area contributed by atoms with Gasteiger partial charge in [0.15, 0.2) is 0 Å². The van der Waals surface area contributed by atoms with E-state index in [2.05, 4.69) is 32.2 Å². The third-order valence-electron chi connectivity index (χ3n) is 3.96. The minimum atomic E-state index is 0.204. The Bertz CT molecular complexity index is 435. The molecule has 1 amide bonds. The molecule has 0 saturated carbocycles. The second-order valence-electron chi connectivity index (χ2n) is 5.88. The summed E-state index contributed by atoms with van der Waals surface area (Å²) in [5.74, 6) is 0.802. The van der Waals surface area contributed by atoms with Crippen LogP contribution in [0.5, 0.6) is 0 Å². The first-order chi connectivity index (χ1) is 9.61. The molecule has 20 heavy (non-hydrogen) atoms. The highest BCUT2D eigenvalue weighted by molar-refractivity contribution is 7.14. The maximum absolute atomic E-state index is 12.7. The van der Waals surface area contributed by atoms with E-state index in [0.717, 1.165) is 30.9 Å². The molecule has 1 fully saturated rings. The molecule has 0 aromatic carbocycles. The Balaban J connectivity index is 2.04. The zero-order valence-electron chi connectivity index (χ0n) is 12.8. The number of nitrogens with one attached hydrogen (secondary N) is 1. The van der Waals surface area contributed by atoms with E-state index in [1.165, 1.54) is 17.7 Å². The average Bonchev–Trinajstić information content (AvgIpc) is 2.94. The van der Waals surface area contributed by atoms with E-state index in [1.807, 2.05) is 11.0 Å². The average molecular weight is 294 g/mol. The quantitative estimate of drug-likeness (QED) is 0.904.